The van der Waals surface area contributed by atoms with Crippen LogP contribution in [0.15, 0.2) is 23.1 Å². The van der Waals surface area contributed by atoms with Gasteiger partial charge in [-0.3, -0.25) is 4.79 Å². The van der Waals surface area contributed by atoms with Crippen molar-refractivity contribution in [3.05, 3.63) is 23.9 Å². The van der Waals surface area contributed by atoms with Crippen molar-refractivity contribution in [2.45, 2.75) is 62.8 Å². The number of benzene rings is 1. The molecule has 7 nitrogen and oxygen atoms in total. The van der Waals surface area contributed by atoms with Gasteiger partial charge in [0.2, 0.25) is 5.91 Å². The number of thiazole rings is 1. The molecule has 1 aromatic heterocycles. The summed E-state index contributed by atoms with van der Waals surface area (Å²) in [7, 11) is 0.135. The molecule has 1 aliphatic carbocycles. The minimum absolute atomic E-state index is 0.00832. The highest BCUT2D eigenvalue weighted by Crippen LogP contribution is 2.37. The number of aromatic nitrogens is 1. The Balaban J connectivity index is 1.55. The van der Waals surface area contributed by atoms with E-state index < -0.39 is 11.0 Å². The molecule has 174 valence electrons. The van der Waals surface area contributed by atoms with Crippen LogP contribution in [0.2, 0.25) is 0 Å². The van der Waals surface area contributed by atoms with Gasteiger partial charge in [0.05, 0.1) is 29.2 Å². The summed E-state index contributed by atoms with van der Waals surface area (Å²) in [6.45, 7) is 2.59. The summed E-state index contributed by atoms with van der Waals surface area (Å²) in [6, 6.07) is 5.53. The molecule has 2 unspecified atom stereocenters. The molecule has 0 radical (unpaired) electrons. The zero-order valence-electron chi connectivity index (χ0n) is 18.6. The molecule has 2 heterocycles. The van der Waals surface area contributed by atoms with Crippen LogP contribution in [0.25, 0.3) is 10.4 Å². The molecule has 4 rings (SSSR count). The van der Waals surface area contributed by atoms with Crippen molar-refractivity contribution < 1.29 is 18.8 Å². The minimum atomic E-state index is -1.43. The maximum absolute atomic E-state index is 13.4. The predicted octanol–water partition coefficient (Wildman–Crippen LogP) is 4.13. The molecule has 2 aliphatic rings. The van der Waals surface area contributed by atoms with E-state index in [2.05, 4.69) is 10.3 Å². The second-order valence-electron chi connectivity index (χ2n) is 8.57. The molecular weight excluding hydrogens is 446 g/mol. The van der Waals surface area contributed by atoms with Crippen LogP contribution in [0.5, 0.6) is 5.75 Å². The lowest BCUT2D eigenvalue weighted by atomic mass is 10.0. The number of aliphatic hydroxyl groups is 1. The third kappa shape index (κ3) is 5.06. The zero-order valence-corrected chi connectivity index (χ0v) is 20.3. The molecule has 9 heteroatoms. The summed E-state index contributed by atoms with van der Waals surface area (Å²) in [5.41, 5.74) is 1.71. The van der Waals surface area contributed by atoms with Gasteiger partial charge < -0.3 is 15.2 Å². The van der Waals surface area contributed by atoms with E-state index in [1.807, 2.05) is 29.4 Å². The summed E-state index contributed by atoms with van der Waals surface area (Å²) >= 11 is 1.43. The molecule has 1 aromatic carbocycles. The van der Waals surface area contributed by atoms with Crippen molar-refractivity contribution in [1.29, 1.82) is 0 Å². The number of hydrogen-bond acceptors (Lipinski definition) is 6. The summed E-state index contributed by atoms with van der Waals surface area (Å²) in [4.78, 5) is 18.5. The van der Waals surface area contributed by atoms with Crippen LogP contribution < -0.4 is 10.1 Å². The van der Waals surface area contributed by atoms with Crippen LogP contribution in [0.4, 0.5) is 5.13 Å². The summed E-state index contributed by atoms with van der Waals surface area (Å²) < 4.78 is 20.7. The van der Waals surface area contributed by atoms with Gasteiger partial charge in [-0.25, -0.2) is 13.5 Å². The molecule has 1 aliphatic heterocycles. The number of nitrogens with one attached hydrogen (secondary N) is 1. The number of carbonyl (C=O) groups is 1. The molecule has 2 fully saturated rings. The van der Waals surface area contributed by atoms with Crippen molar-refractivity contribution >= 4 is 33.4 Å². The van der Waals surface area contributed by atoms with Crippen LogP contribution in [0.1, 0.15) is 50.6 Å². The SMILES string of the molecule is COc1ccc(-c2sc(NC(=O)CC3CCCC3)nc2C)cc1S(=O)N1CCCC1CO. The highest BCUT2D eigenvalue weighted by atomic mass is 32.2. The number of carbonyl (C=O) groups excluding carboxylic acids is 1. The topological polar surface area (TPSA) is 91.8 Å². The Hall–Kier alpha value is -1.81. The molecule has 1 saturated carbocycles. The van der Waals surface area contributed by atoms with E-state index in [0.29, 0.717) is 34.7 Å². The highest BCUT2D eigenvalue weighted by Gasteiger charge is 2.31. The molecule has 2 atom stereocenters. The number of ether oxygens (including phenoxy) is 1. The first-order valence-electron chi connectivity index (χ1n) is 11.2. The highest BCUT2D eigenvalue weighted by molar-refractivity contribution is 7.82. The Bertz CT molecular complexity index is 988. The van der Waals surface area contributed by atoms with E-state index in [1.165, 1.54) is 24.2 Å². The number of anilines is 1. The van der Waals surface area contributed by atoms with Gasteiger partial charge in [0, 0.05) is 19.0 Å². The fourth-order valence-corrected chi connectivity index (χ4v) is 7.18. The van der Waals surface area contributed by atoms with Gasteiger partial charge in [-0.05, 0) is 62.3 Å². The maximum Gasteiger partial charge on any atom is 0.226 e. The first kappa shape index (κ1) is 23.4. The first-order chi connectivity index (χ1) is 15.5. The Morgan fingerprint density at radius 2 is 2.09 bits per heavy atom. The van der Waals surface area contributed by atoms with Crippen molar-refractivity contribution in [2.75, 3.05) is 25.6 Å². The van der Waals surface area contributed by atoms with Crippen LogP contribution in [-0.2, 0) is 15.8 Å². The summed E-state index contributed by atoms with van der Waals surface area (Å²) in [6.07, 6.45) is 7.01. The average molecular weight is 478 g/mol. The third-order valence-corrected chi connectivity index (χ3v) is 9.08. The van der Waals surface area contributed by atoms with Gasteiger partial charge in [0.15, 0.2) is 5.13 Å². The van der Waals surface area contributed by atoms with Crippen LogP contribution >= 0.6 is 11.3 Å². The smallest absolute Gasteiger partial charge is 0.226 e. The lowest BCUT2D eigenvalue weighted by Crippen LogP contribution is -2.34. The number of amides is 1. The van der Waals surface area contributed by atoms with Gasteiger partial charge in [-0.2, -0.15) is 0 Å². The van der Waals surface area contributed by atoms with Crippen molar-refractivity contribution in [1.82, 2.24) is 9.29 Å². The normalized spacial score (nSPS) is 20.5. The van der Waals surface area contributed by atoms with Crippen molar-refractivity contribution in [3.63, 3.8) is 0 Å². The number of aryl methyl sites for hydroxylation is 1. The molecule has 1 saturated heterocycles. The number of aliphatic hydroxyl groups excluding tert-OH is 1. The van der Waals surface area contributed by atoms with E-state index in [1.54, 1.807) is 7.11 Å². The maximum atomic E-state index is 13.4. The van der Waals surface area contributed by atoms with E-state index in [0.717, 1.165) is 41.8 Å². The van der Waals surface area contributed by atoms with Gasteiger partial charge in [-0.1, -0.05) is 24.2 Å². The van der Waals surface area contributed by atoms with Crippen LogP contribution in [-0.4, -0.2) is 50.8 Å². The van der Waals surface area contributed by atoms with Crippen molar-refractivity contribution in [3.8, 4) is 16.2 Å². The molecular formula is C23H31N3O4S2. The quantitative estimate of drug-likeness (QED) is 0.597. The Morgan fingerprint density at radius 3 is 2.81 bits per heavy atom. The Morgan fingerprint density at radius 1 is 1.31 bits per heavy atom. The van der Waals surface area contributed by atoms with Crippen LogP contribution in [0, 0.1) is 12.8 Å². The Kier molecular flexibility index (Phi) is 7.60. The zero-order chi connectivity index (χ0) is 22.7. The molecule has 32 heavy (non-hydrogen) atoms. The number of nitrogens with zero attached hydrogens (tertiary/aromatic N) is 2. The molecule has 2 N–H and O–H groups in total. The van der Waals surface area contributed by atoms with Crippen molar-refractivity contribution in [2.24, 2.45) is 5.92 Å². The standard InChI is InChI=1S/C23H31N3O4S2/c1-15-22(31-23(24-15)25-21(28)12-16-6-3-4-7-16)17-9-10-19(30-2)20(13-17)32(29)26-11-5-8-18(26)14-27/h9-10,13,16,18,27H,3-8,11-12,14H2,1-2H3,(H,24,25,28). The van der Waals surface area contributed by atoms with E-state index in [-0.39, 0.29) is 18.6 Å². The fourth-order valence-electron chi connectivity index (χ4n) is 4.66. The molecule has 1 amide bonds. The van der Waals surface area contributed by atoms with Crippen LogP contribution in [0.3, 0.4) is 0 Å². The van der Waals surface area contributed by atoms with E-state index in [9.17, 15) is 14.1 Å². The predicted molar refractivity (Wildman–Crippen MR) is 127 cm³/mol. The average Bonchev–Trinajstić information content (AvgIpc) is 3.54. The minimum Gasteiger partial charge on any atom is -0.495 e. The fraction of sp³-hybridized carbons (Fsp3) is 0.565. The third-order valence-electron chi connectivity index (χ3n) is 6.35. The molecule has 0 bridgehead atoms. The van der Waals surface area contributed by atoms with Gasteiger partial charge in [-0.15, -0.1) is 0 Å². The van der Waals surface area contributed by atoms with Gasteiger partial charge in [0.1, 0.15) is 16.7 Å². The second kappa shape index (κ2) is 10.4. The second-order valence-corrected chi connectivity index (χ2v) is 11.0. The number of hydrogen-bond donors (Lipinski definition) is 2. The largest absolute Gasteiger partial charge is 0.495 e. The van der Waals surface area contributed by atoms with E-state index in [4.69, 9.17) is 4.74 Å². The summed E-state index contributed by atoms with van der Waals surface area (Å²) in [5.74, 6) is 1.07. The number of methoxy groups -OCH3 is 1. The lowest BCUT2D eigenvalue weighted by molar-refractivity contribution is -0.117. The monoisotopic (exact) mass is 477 g/mol. The van der Waals surface area contributed by atoms with E-state index >= 15 is 0 Å². The first-order valence-corrected chi connectivity index (χ1v) is 13.2. The summed E-state index contributed by atoms with van der Waals surface area (Å²) in [5, 5.41) is 13.2. The lowest BCUT2D eigenvalue weighted by Gasteiger charge is -2.22. The number of rotatable bonds is 8. The van der Waals surface area contributed by atoms with Gasteiger partial charge >= 0.3 is 0 Å². The molecule has 0 spiro atoms. The Labute approximate surface area is 195 Å². The van der Waals surface area contributed by atoms with Gasteiger partial charge in [0.25, 0.3) is 0 Å². The molecule has 2 aromatic rings.